The van der Waals surface area contributed by atoms with Gasteiger partial charge in [0.2, 0.25) is 10.0 Å². The van der Waals surface area contributed by atoms with Crippen molar-refractivity contribution in [3.05, 3.63) is 22.7 Å². The Morgan fingerprint density at radius 1 is 1.47 bits per heavy atom. The van der Waals surface area contributed by atoms with E-state index in [2.05, 4.69) is 15.9 Å². The van der Waals surface area contributed by atoms with Gasteiger partial charge in [-0.15, -0.1) is 0 Å². The summed E-state index contributed by atoms with van der Waals surface area (Å²) >= 11 is 3.27. The number of nitrogen functional groups attached to an aromatic ring is 1. The van der Waals surface area contributed by atoms with Crippen LogP contribution < -0.4 is 5.73 Å². The molecule has 19 heavy (non-hydrogen) atoms. The average Bonchev–Trinajstić information content (AvgIpc) is 2.73. The van der Waals surface area contributed by atoms with Crippen LogP contribution in [0.1, 0.15) is 13.3 Å². The Kier molecular flexibility index (Phi) is 4.20. The lowest BCUT2D eigenvalue weighted by Gasteiger charge is -2.26. The molecule has 1 aliphatic rings. The summed E-state index contributed by atoms with van der Waals surface area (Å²) in [4.78, 5) is 0.136. The van der Waals surface area contributed by atoms with Crippen molar-refractivity contribution in [1.29, 1.82) is 0 Å². The lowest BCUT2D eigenvalue weighted by Crippen LogP contribution is -2.41. The molecule has 2 rings (SSSR count). The number of sulfonamides is 1. The van der Waals surface area contributed by atoms with Gasteiger partial charge in [-0.3, -0.25) is 0 Å². The molecule has 1 aromatic carbocycles. The molecule has 2 N–H and O–H groups in total. The van der Waals surface area contributed by atoms with Crippen LogP contribution in [0, 0.1) is 0 Å². The molecule has 1 aromatic rings. The Morgan fingerprint density at radius 2 is 2.16 bits per heavy atom. The maximum absolute atomic E-state index is 12.6. The molecule has 0 spiro atoms. The summed E-state index contributed by atoms with van der Waals surface area (Å²) in [7, 11) is -2.02. The first-order chi connectivity index (χ1) is 8.84. The predicted molar refractivity (Wildman–Crippen MR) is 77.3 cm³/mol. The number of nitrogens with two attached hydrogens (primary N) is 1. The van der Waals surface area contributed by atoms with Crippen molar-refractivity contribution in [1.82, 2.24) is 4.31 Å². The molecule has 7 heteroatoms. The van der Waals surface area contributed by atoms with Crippen LogP contribution in [-0.4, -0.2) is 38.5 Å². The fraction of sp³-hybridized carbons (Fsp3) is 0.500. The van der Waals surface area contributed by atoms with Crippen molar-refractivity contribution < 1.29 is 13.2 Å². The second-order valence-electron chi connectivity index (χ2n) is 4.64. The van der Waals surface area contributed by atoms with Gasteiger partial charge in [-0.2, -0.15) is 4.31 Å². The summed E-state index contributed by atoms with van der Waals surface area (Å²) in [5.41, 5.74) is 6.05. The van der Waals surface area contributed by atoms with Crippen molar-refractivity contribution in [2.75, 3.05) is 19.4 Å². The molecule has 0 radical (unpaired) electrons. The minimum atomic E-state index is -3.60. The Bertz CT molecular complexity index is 576. The second-order valence-corrected chi connectivity index (χ2v) is 7.52. The van der Waals surface area contributed by atoms with Crippen molar-refractivity contribution in [2.24, 2.45) is 0 Å². The largest absolute Gasteiger partial charge is 0.398 e. The normalized spacial score (nSPS) is 24.0. The number of hydrogen-bond acceptors (Lipinski definition) is 4. The molecule has 0 aliphatic carbocycles. The van der Waals surface area contributed by atoms with Gasteiger partial charge in [-0.25, -0.2) is 8.42 Å². The highest BCUT2D eigenvalue weighted by Gasteiger charge is 2.35. The highest BCUT2D eigenvalue weighted by Crippen LogP contribution is 2.29. The van der Waals surface area contributed by atoms with Gasteiger partial charge in [-0.05, 0) is 31.5 Å². The molecule has 1 aliphatic heterocycles. The van der Waals surface area contributed by atoms with Crippen molar-refractivity contribution in [3.8, 4) is 0 Å². The third-order valence-electron chi connectivity index (χ3n) is 3.43. The Morgan fingerprint density at radius 3 is 2.68 bits per heavy atom. The molecule has 2 unspecified atom stereocenters. The van der Waals surface area contributed by atoms with Gasteiger partial charge in [0.1, 0.15) is 4.90 Å². The first-order valence-corrected chi connectivity index (χ1v) is 8.22. The van der Waals surface area contributed by atoms with E-state index in [-0.39, 0.29) is 22.7 Å². The standard InChI is InChI=1S/C12H17BrN2O3S/c1-8-11(5-6-18-8)15(2)19(16,17)12-4-3-9(13)7-10(12)14/h3-4,7-8,11H,5-6,14H2,1-2H3. The van der Waals surface area contributed by atoms with E-state index in [4.69, 9.17) is 10.5 Å². The van der Waals surface area contributed by atoms with E-state index in [1.807, 2.05) is 6.92 Å². The molecular weight excluding hydrogens is 332 g/mol. The summed E-state index contributed by atoms with van der Waals surface area (Å²) in [6, 6.07) is 4.64. The smallest absolute Gasteiger partial charge is 0.245 e. The third-order valence-corrected chi connectivity index (χ3v) is 5.88. The van der Waals surface area contributed by atoms with E-state index in [1.54, 1.807) is 19.2 Å². The number of rotatable bonds is 3. The van der Waals surface area contributed by atoms with Crippen LogP contribution in [0.15, 0.2) is 27.6 Å². The zero-order valence-electron chi connectivity index (χ0n) is 10.8. The van der Waals surface area contributed by atoms with Gasteiger partial charge in [0.25, 0.3) is 0 Å². The van der Waals surface area contributed by atoms with Crippen LogP contribution in [0.4, 0.5) is 5.69 Å². The summed E-state index contributed by atoms with van der Waals surface area (Å²) in [6.45, 7) is 2.47. The minimum absolute atomic E-state index is 0.101. The number of likely N-dealkylation sites (N-methyl/N-ethyl adjacent to an activating group) is 1. The lowest BCUT2D eigenvalue weighted by atomic mass is 10.2. The van der Waals surface area contributed by atoms with E-state index >= 15 is 0 Å². The third kappa shape index (κ3) is 2.79. The van der Waals surface area contributed by atoms with E-state index in [0.29, 0.717) is 13.0 Å². The van der Waals surface area contributed by atoms with Gasteiger partial charge >= 0.3 is 0 Å². The van der Waals surface area contributed by atoms with Crippen LogP contribution in [0.3, 0.4) is 0 Å². The number of halogens is 1. The fourth-order valence-corrected chi connectivity index (χ4v) is 4.20. The summed E-state index contributed by atoms with van der Waals surface area (Å²) in [5.74, 6) is 0. The maximum atomic E-state index is 12.6. The van der Waals surface area contributed by atoms with Crippen LogP contribution in [0.2, 0.25) is 0 Å². The summed E-state index contributed by atoms with van der Waals surface area (Å²) in [5, 5.41) is 0. The Hall–Kier alpha value is -0.630. The fourth-order valence-electron chi connectivity index (χ4n) is 2.29. The lowest BCUT2D eigenvalue weighted by molar-refractivity contribution is 0.102. The van der Waals surface area contributed by atoms with Gasteiger partial charge in [0.05, 0.1) is 17.8 Å². The van der Waals surface area contributed by atoms with Crippen LogP contribution in [0.5, 0.6) is 0 Å². The Balaban J connectivity index is 2.36. The minimum Gasteiger partial charge on any atom is -0.398 e. The van der Waals surface area contributed by atoms with Crippen molar-refractivity contribution in [2.45, 2.75) is 30.4 Å². The van der Waals surface area contributed by atoms with E-state index < -0.39 is 10.0 Å². The molecule has 0 aromatic heterocycles. The highest BCUT2D eigenvalue weighted by molar-refractivity contribution is 9.10. The molecule has 1 saturated heterocycles. The molecule has 106 valence electrons. The van der Waals surface area contributed by atoms with Crippen LogP contribution >= 0.6 is 15.9 Å². The van der Waals surface area contributed by atoms with Gasteiger partial charge in [-0.1, -0.05) is 15.9 Å². The van der Waals surface area contributed by atoms with Crippen molar-refractivity contribution >= 4 is 31.6 Å². The number of nitrogens with zero attached hydrogens (tertiary/aromatic N) is 1. The van der Waals surface area contributed by atoms with Gasteiger partial charge in [0.15, 0.2) is 0 Å². The van der Waals surface area contributed by atoms with Gasteiger partial charge < -0.3 is 10.5 Å². The van der Waals surface area contributed by atoms with Gasteiger partial charge in [0, 0.05) is 18.1 Å². The molecule has 5 nitrogen and oxygen atoms in total. The molecular formula is C12H17BrN2O3S. The first kappa shape index (κ1) is 14.8. The topological polar surface area (TPSA) is 72.6 Å². The zero-order chi connectivity index (χ0) is 14.2. The monoisotopic (exact) mass is 348 g/mol. The van der Waals surface area contributed by atoms with E-state index in [9.17, 15) is 8.42 Å². The predicted octanol–water partition coefficient (Wildman–Crippen LogP) is 1.83. The number of anilines is 1. The molecule has 1 fully saturated rings. The maximum Gasteiger partial charge on any atom is 0.245 e. The molecule has 0 bridgehead atoms. The molecule has 1 heterocycles. The number of ether oxygens (including phenoxy) is 1. The zero-order valence-corrected chi connectivity index (χ0v) is 13.2. The van der Waals surface area contributed by atoms with Crippen LogP contribution in [0.25, 0.3) is 0 Å². The van der Waals surface area contributed by atoms with E-state index in [0.717, 1.165) is 4.47 Å². The number of hydrogen-bond donors (Lipinski definition) is 1. The van der Waals surface area contributed by atoms with Crippen LogP contribution in [-0.2, 0) is 14.8 Å². The quantitative estimate of drug-likeness (QED) is 0.845. The highest BCUT2D eigenvalue weighted by atomic mass is 79.9. The molecule has 0 saturated carbocycles. The molecule has 2 atom stereocenters. The van der Waals surface area contributed by atoms with E-state index in [1.165, 1.54) is 10.4 Å². The van der Waals surface area contributed by atoms with Crippen molar-refractivity contribution in [3.63, 3.8) is 0 Å². The summed E-state index contributed by atoms with van der Waals surface area (Å²) in [6.07, 6.45) is 0.601. The molecule has 0 amide bonds. The number of benzene rings is 1. The average molecular weight is 349 g/mol. The SMILES string of the molecule is CC1OCCC1N(C)S(=O)(=O)c1ccc(Br)cc1N. The summed E-state index contributed by atoms with van der Waals surface area (Å²) < 4.78 is 32.7. The first-order valence-electron chi connectivity index (χ1n) is 5.98. The Labute approximate surface area is 121 Å². The second kappa shape index (κ2) is 5.40.